The molecule has 0 aromatic carbocycles. The summed E-state index contributed by atoms with van der Waals surface area (Å²) in [6, 6.07) is 1.05. The van der Waals surface area contributed by atoms with Gasteiger partial charge < -0.3 is 5.73 Å². The number of nitrogen functional groups attached to an aromatic ring is 1. The van der Waals surface area contributed by atoms with Gasteiger partial charge in [-0.05, 0) is 0 Å². The van der Waals surface area contributed by atoms with Crippen molar-refractivity contribution in [2.24, 2.45) is 0 Å². The van der Waals surface area contributed by atoms with Crippen molar-refractivity contribution in [3.05, 3.63) is 23.8 Å². The van der Waals surface area contributed by atoms with Gasteiger partial charge in [0.05, 0.1) is 23.3 Å². The Balaban J connectivity index is 3.04. The molecule has 6 heteroatoms. The van der Waals surface area contributed by atoms with E-state index in [0.717, 1.165) is 12.3 Å². The molecule has 0 atom stereocenters. The van der Waals surface area contributed by atoms with Gasteiger partial charge in [0.2, 0.25) is 0 Å². The van der Waals surface area contributed by atoms with Crippen molar-refractivity contribution < 1.29 is 12.8 Å². The molecule has 0 aliphatic rings. The average molecular weight is 204 g/mol. The zero-order valence-electron chi connectivity index (χ0n) is 6.99. The van der Waals surface area contributed by atoms with Crippen LogP contribution in [0.3, 0.4) is 0 Å². The zero-order valence-corrected chi connectivity index (χ0v) is 7.81. The quantitative estimate of drug-likeness (QED) is 0.754. The average Bonchev–Trinajstić information content (AvgIpc) is 1.93. The van der Waals surface area contributed by atoms with Crippen molar-refractivity contribution in [3.63, 3.8) is 0 Å². The molecule has 0 fully saturated rings. The third-order valence-corrected chi connectivity index (χ3v) is 2.14. The highest BCUT2D eigenvalue weighted by Crippen LogP contribution is 2.10. The van der Waals surface area contributed by atoms with E-state index < -0.39 is 21.4 Å². The predicted octanol–water partition coefficient (Wildman–Crippen LogP) is 0.347. The monoisotopic (exact) mass is 204 g/mol. The highest BCUT2D eigenvalue weighted by molar-refractivity contribution is 7.89. The van der Waals surface area contributed by atoms with Crippen LogP contribution in [-0.2, 0) is 15.6 Å². The summed E-state index contributed by atoms with van der Waals surface area (Å²) in [4.78, 5) is 3.58. The second-order valence-corrected chi connectivity index (χ2v) is 4.91. The van der Waals surface area contributed by atoms with E-state index in [1.165, 1.54) is 6.20 Å². The molecule has 0 saturated carbocycles. The minimum absolute atomic E-state index is 0.100. The van der Waals surface area contributed by atoms with Crippen LogP contribution in [0.5, 0.6) is 0 Å². The summed E-state index contributed by atoms with van der Waals surface area (Å²) in [7, 11) is -3.26. The Hall–Kier alpha value is -1.17. The van der Waals surface area contributed by atoms with Gasteiger partial charge >= 0.3 is 0 Å². The van der Waals surface area contributed by atoms with Crippen molar-refractivity contribution >= 4 is 15.5 Å². The number of halogens is 1. The Bertz CT molecular complexity index is 417. The summed E-state index contributed by atoms with van der Waals surface area (Å²) in [6.07, 6.45) is 2.24. The summed E-state index contributed by atoms with van der Waals surface area (Å²) in [5.41, 5.74) is 5.31. The summed E-state index contributed by atoms with van der Waals surface area (Å²) in [5, 5.41) is 0. The number of rotatable bonds is 2. The summed E-state index contributed by atoms with van der Waals surface area (Å²) < 4.78 is 34.6. The largest absolute Gasteiger partial charge is 0.397 e. The summed E-state index contributed by atoms with van der Waals surface area (Å²) in [5.74, 6) is -1.09. The van der Waals surface area contributed by atoms with Gasteiger partial charge in [0.15, 0.2) is 9.84 Å². The topological polar surface area (TPSA) is 73.0 Å². The van der Waals surface area contributed by atoms with Gasteiger partial charge in [-0.2, -0.15) is 0 Å². The molecule has 0 bridgehead atoms. The summed E-state index contributed by atoms with van der Waals surface area (Å²) >= 11 is 0. The number of hydrogen-bond acceptors (Lipinski definition) is 4. The van der Waals surface area contributed by atoms with Crippen molar-refractivity contribution in [1.29, 1.82) is 0 Å². The smallest absolute Gasteiger partial charge is 0.153 e. The van der Waals surface area contributed by atoms with Crippen LogP contribution in [0.2, 0.25) is 0 Å². The lowest BCUT2D eigenvalue weighted by atomic mass is 10.3. The molecule has 0 spiro atoms. The van der Waals surface area contributed by atoms with Gasteiger partial charge in [0.1, 0.15) is 5.82 Å². The standard InChI is InChI=1S/C7H9FN2O2S/c1-13(11,12)4-7-6(8)2-5(9)3-10-7/h2-3H,4,9H2,1H3. The highest BCUT2D eigenvalue weighted by Gasteiger charge is 2.10. The van der Waals surface area contributed by atoms with Crippen LogP contribution in [0.4, 0.5) is 10.1 Å². The van der Waals surface area contributed by atoms with Crippen LogP contribution < -0.4 is 5.73 Å². The number of anilines is 1. The number of nitrogens with zero attached hydrogens (tertiary/aromatic N) is 1. The molecule has 0 aliphatic heterocycles. The normalized spacial score (nSPS) is 11.5. The Kier molecular flexibility index (Phi) is 2.51. The van der Waals surface area contributed by atoms with Crippen molar-refractivity contribution in [3.8, 4) is 0 Å². The molecule has 72 valence electrons. The maximum atomic E-state index is 13.0. The van der Waals surface area contributed by atoms with Crippen LogP contribution in [-0.4, -0.2) is 19.7 Å². The molecule has 1 aromatic rings. The van der Waals surface area contributed by atoms with E-state index in [4.69, 9.17) is 5.73 Å². The maximum absolute atomic E-state index is 13.0. The molecular weight excluding hydrogens is 195 g/mol. The van der Waals surface area contributed by atoms with E-state index in [0.29, 0.717) is 0 Å². The fourth-order valence-corrected chi connectivity index (χ4v) is 1.54. The first-order valence-corrected chi connectivity index (χ1v) is 5.52. The Morgan fingerprint density at radius 2 is 2.23 bits per heavy atom. The lowest BCUT2D eigenvalue weighted by Crippen LogP contribution is -2.05. The fraction of sp³-hybridized carbons (Fsp3) is 0.286. The first-order chi connectivity index (χ1) is 5.88. The minimum atomic E-state index is -3.26. The van der Waals surface area contributed by atoms with Crippen molar-refractivity contribution in [2.45, 2.75) is 5.75 Å². The maximum Gasteiger partial charge on any atom is 0.153 e. The first kappa shape index (κ1) is 9.91. The lowest BCUT2D eigenvalue weighted by Gasteiger charge is -2.00. The van der Waals surface area contributed by atoms with Gasteiger partial charge in [-0.25, -0.2) is 12.8 Å². The van der Waals surface area contributed by atoms with Crippen molar-refractivity contribution in [1.82, 2.24) is 4.98 Å². The van der Waals surface area contributed by atoms with Gasteiger partial charge in [-0.1, -0.05) is 0 Å². The van der Waals surface area contributed by atoms with Gasteiger partial charge in [0, 0.05) is 12.3 Å². The first-order valence-electron chi connectivity index (χ1n) is 3.46. The van der Waals surface area contributed by atoms with Crippen LogP contribution in [0.15, 0.2) is 12.3 Å². The third kappa shape index (κ3) is 2.98. The van der Waals surface area contributed by atoms with Crippen molar-refractivity contribution in [2.75, 3.05) is 12.0 Å². The van der Waals surface area contributed by atoms with Crippen LogP contribution in [0.25, 0.3) is 0 Å². The van der Waals surface area contributed by atoms with Gasteiger partial charge in [0.25, 0.3) is 0 Å². The summed E-state index contributed by atoms with van der Waals surface area (Å²) in [6.45, 7) is 0. The SMILES string of the molecule is CS(=O)(=O)Cc1ncc(N)cc1F. The van der Waals surface area contributed by atoms with Crippen LogP contribution in [0.1, 0.15) is 5.69 Å². The number of aromatic nitrogens is 1. The molecule has 13 heavy (non-hydrogen) atoms. The minimum Gasteiger partial charge on any atom is -0.397 e. The second kappa shape index (κ2) is 3.29. The van der Waals surface area contributed by atoms with E-state index in [1.807, 2.05) is 0 Å². The fourth-order valence-electron chi connectivity index (χ4n) is 0.836. The lowest BCUT2D eigenvalue weighted by molar-refractivity contribution is 0.587. The van der Waals surface area contributed by atoms with E-state index >= 15 is 0 Å². The van der Waals surface area contributed by atoms with Crippen LogP contribution >= 0.6 is 0 Å². The Morgan fingerprint density at radius 1 is 1.62 bits per heavy atom. The molecular formula is C7H9FN2O2S. The molecule has 0 unspecified atom stereocenters. The molecule has 0 amide bonds. The highest BCUT2D eigenvalue weighted by atomic mass is 32.2. The number of hydrogen-bond donors (Lipinski definition) is 1. The number of nitrogens with two attached hydrogens (primary N) is 1. The Morgan fingerprint density at radius 3 is 2.69 bits per heavy atom. The van der Waals surface area contributed by atoms with Gasteiger partial charge in [-0.3, -0.25) is 4.98 Å². The molecule has 1 rings (SSSR count). The molecule has 0 aliphatic carbocycles. The van der Waals surface area contributed by atoms with E-state index in [-0.39, 0.29) is 11.4 Å². The van der Waals surface area contributed by atoms with E-state index in [1.54, 1.807) is 0 Å². The number of sulfone groups is 1. The Labute approximate surface area is 75.5 Å². The van der Waals surface area contributed by atoms with Gasteiger partial charge in [-0.15, -0.1) is 0 Å². The number of pyridine rings is 1. The molecule has 1 aromatic heterocycles. The third-order valence-electron chi connectivity index (χ3n) is 1.34. The molecule has 0 radical (unpaired) electrons. The zero-order chi connectivity index (χ0) is 10.1. The second-order valence-electron chi connectivity index (χ2n) is 2.77. The van der Waals surface area contributed by atoms with Crippen LogP contribution in [0, 0.1) is 5.82 Å². The van der Waals surface area contributed by atoms with E-state index in [2.05, 4.69) is 4.98 Å². The molecule has 2 N–H and O–H groups in total. The molecule has 4 nitrogen and oxygen atoms in total. The molecule has 0 saturated heterocycles. The predicted molar refractivity (Wildman–Crippen MR) is 47.2 cm³/mol. The molecule has 1 heterocycles. The van der Waals surface area contributed by atoms with E-state index in [9.17, 15) is 12.8 Å².